The number of non-ortho nitro benzene ring substituents is 1. The van der Waals surface area contributed by atoms with Gasteiger partial charge < -0.3 is 9.88 Å². The van der Waals surface area contributed by atoms with Crippen molar-refractivity contribution in [3.63, 3.8) is 0 Å². The van der Waals surface area contributed by atoms with Crippen LogP contribution in [-0.2, 0) is 4.79 Å². The van der Waals surface area contributed by atoms with Crippen LogP contribution in [0.25, 0.3) is 16.6 Å². The Morgan fingerprint density at radius 3 is 2.79 bits per heavy atom. The number of nitro benzene ring substituents is 1. The van der Waals surface area contributed by atoms with Crippen LogP contribution >= 0.6 is 11.8 Å². The molecule has 0 spiro atoms. The zero-order valence-electron chi connectivity index (χ0n) is 15.9. The number of amides is 1. The number of nitrogens with one attached hydrogen (secondary N) is 1. The number of aromatic amines is 1. The maximum atomic E-state index is 12.8. The number of fused-ring (bicyclic) bond motifs is 1. The fourth-order valence-electron chi connectivity index (χ4n) is 3.49. The number of carbonyl (C=O) groups excluding carboxylic acids is 1. The SMILES string of the molecule is C[C@H](Sc1ccc([N+](=O)[O-])cc1)C(=O)N1CC=C(c2c[nH]c3ncccc23)CC1. The highest BCUT2D eigenvalue weighted by Crippen LogP contribution is 2.30. The van der Waals surface area contributed by atoms with Crippen LogP contribution < -0.4 is 0 Å². The number of hydrogen-bond donors (Lipinski definition) is 1. The Hall–Kier alpha value is -3.13. The van der Waals surface area contributed by atoms with Gasteiger partial charge >= 0.3 is 0 Å². The average molecular weight is 408 g/mol. The number of aromatic nitrogens is 2. The minimum Gasteiger partial charge on any atom is -0.346 e. The smallest absolute Gasteiger partial charge is 0.269 e. The molecule has 0 fully saturated rings. The van der Waals surface area contributed by atoms with Crippen LogP contribution in [0.3, 0.4) is 0 Å². The van der Waals surface area contributed by atoms with E-state index in [4.69, 9.17) is 0 Å². The maximum Gasteiger partial charge on any atom is 0.269 e. The molecule has 0 aliphatic carbocycles. The van der Waals surface area contributed by atoms with E-state index in [2.05, 4.69) is 22.1 Å². The average Bonchev–Trinajstić information content (AvgIpc) is 3.18. The second-order valence-corrected chi connectivity index (χ2v) is 8.29. The molecule has 4 rings (SSSR count). The Kier molecular flexibility index (Phi) is 5.35. The first-order valence-electron chi connectivity index (χ1n) is 9.34. The Morgan fingerprint density at radius 1 is 1.31 bits per heavy atom. The van der Waals surface area contributed by atoms with Gasteiger partial charge in [0.1, 0.15) is 5.65 Å². The summed E-state index contributed by atoms with van der Waals surface area (Å²) in [7, 11) is 0. The molecule has 8 heteroatoms. The highest BCUT2D eigenvalue weighted by Gasteiger charge is 2.24. The molecule has 1 aromatic carbocycles. The lowest BCUT2D eigenvalue weighted by molar-refractivity contribution is -0.384. The summed E-state index contributed by atoms with van der Waals surface area (Å²) in [5.41, 5.74) is 3.29. The summed E-state index contributed by atoms with van der Waals surface area (Å²) in [6, 6.07) is 10.3. The molecule has 7 nitrogen and oxygen atoms in total. The van der Waals surface area contributed by atoms with Crippen LogP contribution in [0.5, 0.6) is 0 Å². The zero-order chi connectivity index (χ0) is 20.4. The van der Waals surface area contributed by atoms with Crippen LogP contribution in [-0.4, -0.2) is 44.0 Å². The van der Waals surface area contributed by atoms with Gasteiger partial charge in [-0.15, -0.1) is 11.8 Å². The molecular weight excluding hydrogens is 388 g/mol. The van der Waals surface area contributed by atoms with Crippen molar-refractivity contribution in [2.24, 2.45) is 0 Å². The van der Waals surface area contributed by atoms with E-state index in [0.29, 0.717) is 13.1 Å². The lowest BCUT2D eigenvalue weighted by Gasteiger charge is -2.28. The number of carbonyl (C=O) groups is 1. The topological polar surface area (TPSA) is 92.1 Å². The Labute approximate surface area is 172 Å². The van der Waals surface area contributed by atoms with E-state index in [0.717, 1.165) is 27.9 Å². The number of thioether (sulfide) groups is 1. The second kappa shape index (κ2) is 8.08. The highest BCUT2D eigenvalue weighted by atomic mass is 32.2. The van der Waals surface area contributed by atoms with E-state index in [9.17, 15) is 14.9 Å². The normalized spacial score (nSPS) is 15.2. The molecule has 3 aromatic rings. The number of rotatable bonds is 5. The molecule has 0 saturated carbocycles. The molecule has 0 unspecified atom stereocenters. The fraction of sp³-hybridized carbons (Fsp3) is 0.238. The number of nitrogens with zero attached hydrogens (tertiary/aromatic N) is 3. The van der Waals surface area contributed by atoms with E-state index in [-0.39, 0.29) is 16.8 Å². The molecule has 1 aliphatic heterocycles. The van der Waals surface area contributed by atoms with Crippen molar-refractivity contribution in [1.82, 2.24) is 14.9 Å². The van der Waals surface area contributed by atoms with E-state index in [1.807, 2.05) is 24.1 Å². The predicted octanol–water partition coefficient (Wildman–Crippen LogP) is 4.27. The summed E-state index contributed by atoms with van der Waals surface area (Å²) in [6.07, 6.45) is 6.65. The molecule has 1 amide bonds. The van der Waals surface area contributed by atoms with Crippen LogP contribution in [0.4, 0.5) is 5.69 Å². The molecule has 2 aromatic heterocycles. The summed E-state index contributed by atoms with van der Waals surface area (Å²) in [4.78, 5) is 33.4. The third-order valence-electron chi connectivity index (χ3n) is 5.03. The van der Waals surface area contributed by atoms with Gasteiger partial charge in [0.15, 0.2) is 0 Å². The van der Waals surface area contributed by atoms with Crippen molar-refractivity contribution < 1.29 is 9.72 Å². The molecule has 3 heterocycles. The van der Waals surface area contributed by atoms with Crippen LogP contribution in [0, 0.1) is 10.1 Å². The summed E-state index contributed by atoms with van der Waals surface area (Å²) >= 11 is 1.42. The van der Waals surface area contributed by atoms with Crippen LogP contribution in [0.2, 0.25) is 0 Å². The quantitative estimate of drug-likeness (QED) is 0.387. The van der Waals surface area contributed by atoms with Gasteiger partial charge in [0.2, 0.25) is 5.91 Å². The molecule has 1 N–H and O–H groups in total. The van der Waals surface area contributed by atoms with Gasteiger partial charge in [-0.05, 0) is 43.2 Å². The van der Waals surface area contributed by atoms with Crippen molar-refractivity contribution >= 4 is 40.0 Å². The number of nitro groups is 1. The summed E-state index contributed by atoms with van der Waals surface area (Å²) < 4.78 is 0. The highest BCUT2D eigenvalue weighted by molar-refractivity contribution is 8.00. The fourth-order valence-corrected chi connectivity index (χ4v) is 4.44. The number of H-pyrrole nitrogens is 1. The van der Waals surface area contributed by atoms with Gasteiger partial charge in [-0.3, -0.25) is 14.9 Å². The van der Waals surface area contributed by atoms with Crippen LogP contribution in [0.1, 0.15) is 18.9 Å². The summed E-state index contributed by atoms with van der Waals surface area (Å²) in [5.74, 6) is 0.0734. The van der Waals surface area contributed by atoms with E-state index < -0.39 is 4.92 Å². The van der Waals surface area contributed by atoms with Crippen LogP contribution in [0.15, 0.2) is 59.8 Å². The van der Waals surface area contributed by atoms with Crippen molar-refractivity contribution in [2.45, 2.75) is 23.5 Å². The monoisotopic (exact) mass is 408 g/mol. The van der Waals surface area contributed by atoms with Gasteiger partial charge in [0.25, 0.3) is 5.69 Å². The maximum absolute atomic E-state index is 12.8. The van der Waals surface area contributed by atoms with Gasteiger partial charge in [0.05, 0.1) is 10.2 Å². The first kappa shape index (κ1) is 19.2. The standard InChI is InChI=1S/C21H20N4O3S/c1-14(29-17-6-4-16(5-7-17)25(27)28)21(26)24-11-8-15(9-12-24)19-13-23-20-18(19)3-2-10-22-20/h2-8,10,13-14H,9,11-12H2,1H3,(H,22,23)/t14-/m0/s1. The summed E-state index contributed by atoms with van der Waals surface area (Å²) in [5, 5.41) is 11.6. The largest absolute Gasteiger partial charge is 0.346 e. The Morgan fingerprint density at radius 2 is 2.10 bits per heavy atom. The van der Waals surface area contributed by atoms with E-state index >= 15 is 0 Å². The molecular formula is C21H20N4O3S. The molecule has 0 saturated heterocycles. The number of pyridine rings is 1. The minimum absolute atomic E-state index is 0.0505. The van der Waals surface area contributed by atoms with Gasteiger partial charge in [-0.1, -0.05) is 6.08 Å². The van der Waals surface area contributed by atoms with Crippen molar-refractivity contribution in [3.05, 3.63) is 70.5 Å². The van der Waals surface area contributed by atoms with Gasteiger partial charge in [0, 0.05) is 53.5 Å². The predicted molar refractivity (Wildman–Crippen MR) is 114 cm³/mol. The molecule has 0 bridgehead atoms. The molecule has 0 radical (unpaired) electrons. The lowest BCUT2D eigenvalue weighted by Crippen LogP contribution is -2.39. The first-order chi connectivity index (χ1) is 14.0. The van der Waals surface area contributed by atoms with Crippen molar-refractivity contribution in [2.75, 3.05) is 13.1 Å². The molecule has 1 aliphatic rings. The third kappa shape index (κ3) is 4.02. The molecule has 148 valence electrons. The zero-order valence-corrected chi connectivity index (χ0v) is 16.7. The number of hydrogen-bond acceptors (Lipinski definition) is 5. The summed E-state index contributed by atoms with van der Waals surface area (Å²) in [6.45, 7) is 3.12. The second-order valence-electron chi connectivity index (χ2n) is 6.88. The number of benzene rings is 1. The first-order valence-corrected chi connectivity index (χ1v) is 10.2. The van der Waals surface area contributed by atoms with Gasteiger partial charge in [-0.2, -0.15) is 0 Å². The Bertz CT molecular complexity index is 1090. The minimum atomic E-state index is -0.426. The molecule has 1 atom stereocenters. The van der Waals surface area contributed by atoms with Crippen molar-refractivity contribution in [1.29, 1.82) is 0 Å². The van der Waals surface area contributed by atoms with E-state index in [1.165, 1.54) is 29.5 Å². The van der Waals surface area contributed by atoms with E-state index in [1.54, 1.807) is 18.3 Å². The third-order valence-corrected chi connectivity index (χ3v) is 6.13. The van der Waals surface area contributed by atoms with Gasteiger partial charge in [-0.25, -0.2) is 4.98 Å². The van der Waals surface area contributed by atoms with Crippen molar-refractivity contribution in [3.8, 4) is 0 Å². The Balaban J connectivity index is 1.40. The lowest BCUT2D eigenvalue weighted by atomic mass is 9.99. The molecule has 29 heavy (non-hydrogen) atoms.